The molecule has 0 radical (unpaired) electrons. The van der Waals surface area contributed by atoms with Crippen molar-refractivity contribution < 1.29 is 17.6 Å². The zero-order chi connectivity index (χ0) is 28.4. The fraction of sp³-hybridized carbons (Fsp3) is 0.333. The van der Waals surface area contributed by atoms with Crippen LogP contribution < -0.4 is 10.0 Å². The second kappa shape index (κ2) is 11.3. The quantitative estimate of drug-likeness (QED) is 0.237. The lowest BCUT2D eigenvalue weighted by atomic mass is 9.71. The van der Waals surface area contributed by atoms with Gasteiger partial charge in [-0.3, -0.25) is 9.78 Å². The predicted octanol–water partition coefficient (Wildman–Crippen LogP) is 5.65. The highest BCUT2D eigenvalue weighted by Crippen LogP contribution is 2.38. The zero-order valence-corrected chi connectivity index (χ0v) is 23.8. The molecule has 3 N–H and O–H groups in total. The van der Waals surface area contributed by atoms with Crippen molar-refractivity contribution in [3.05, 3.63) is 95.2 Å². The number of nitrogens with one attached hydrogen (secondary N) is 3. The molecule has 1 aliphatic rings. The molecule has 0 unspecified atom stereocenters. The van der Waals surface area contributed by atoms with Crippen LogP contribution in [-0.4, -0.2) is 36.4 Å². The normalized spacial score (nSPS) is 16.9. The van der Waals surface area contributed by atoms with Crippen molar-refractivity contribution in [1.82, 2.24) is 20.0 Å². The lowest BCUT2D eigenvalue weighted by Gasteiger charge is -2.38. The average Bonchev–Trinajstić information content (AvgIpc) is 3.36. The van der Waals surface area contributed by atoms with Crippen molar-refractivity contribution in [3.63, 3.8) is 0 Å². The van der Waals surface area contributed by atoms with Gasteiger partial charge in [-0.05, 0) is 61.7 Å². The lowest BCUT2D eigenvalue weighted by Crippen LogP contribution is -2.59. The highest BCUT2D eigenvalue weighted by Gasteiger charge is 2.41. The highest BCUT2D eigenvalue weighted by molar-refractivity contribution is 7.89. The maximum atomic E-state index is 14.0. The number of rotatable bonds is 9. The monoisotopic (exact) mass is 582 g/mol. The predicted molar refractivity (Wildman–Crippen MR) is 154 cm³/mol. The molecule has 210 valence electrons. The summed E-state index contributed by atoms with van der Waals surface area (Å²) < 4.78 is 43.4. The van der Waals surface area contributed by atoms with Gasteiger partial charge in [0.25, 0.3) is 0 Å². The van der Waals surface area contributed by atoms with Crippen LogP contribution in [0.2, 0.25) is 5.02 Å². The summed E-state index contributed by atoms with van der Waals surface area (Å²) in [5.74, 6) is -1.19. The van der Waals surface area contributed by atoms with Crippen molar-refractivity contribution in [2.45, 2.75) is 61.3 Å². The zero-order valence-electron chi connectivity index (χ0n) is 22.2. The van der Waals surface area contributed by atoms with Crippen molar-refractivity contribution in [2.75, 3.05) is 6.54 Å². The van der Waals surface area contributed by atoms with E-state index in [9.17, 15) is 17.6 Å². The minimum Gasteiger partial charge on any atom is -0.361 e. The Hall–Kier alpha value is -3.27. The van der Waals surface area contributed by atoms with E-state index in [1.807, 2.05) is 42.5 Å². The molecule has 10 heteroatoms. The summed E-state index contributed by atoms with van der Waals surface area (Å²) in [7, 11) is -4.25. The van der Waals surface area contributed by atoms with Gasteiger partial charge in [-0.2, -0.15) is 4.72 Å². The van der Waals surface area contributed by atoms with Crippen molar-refractivity contribution in [2.24, 2.45) is 0 Å². The number of pyridine rings is 1. The van der Waals surface area contributed by atoms with Crippen LogP contribution in [0.5, 0.6) is 0 Å². The van der Waals surface area contributed by atoms with E-state index in [1.54, 1.807) is 19.3 Å². The number of nitrogens with zero attached hydrogens (tertiary/aromatic N) is 1. The number of para-hydroxylation sites is 1. The molecule has 5 rings (SSSR count). The number of carbonyl (C=O) groups is 1. The number of hydrogen-bond donors (Lipinski definition) is 3. The van der Waals surface area contributed by atoms with Crippen molar-refractivity contribution in [1.29, 1.82) is 0 Å². The summed E-state index contributed by atoms with van der Waals surface area (Å²) in [6.07, 6.45) is 8.56. The summed E-state index contributed by atoms with van der Waals surface area (Å²) in [6.45, 7) is 1.90. The summed E-state index contributed by atoms with van der Waals surface area (Å²) in [6, 6.07) is 16.6. The molecule has 0 aliphatic heterocycles. The third kappa shape index (κ3) is 5.77. The molecule has 0 bridgehead atoms. The third-order valence-corrected chi connectivity index (χ3v) is 9.77. The number of halogens is 2. The molecule has 2 aromatic carbocycles. The Morgan fingerprint density at radius 3 is 2.58 bits per heavy atom. The van der Waals surface area contributed by atoms with Crippen molar-refractivity contribution >= 4 is 38.4 Å². The number of sulfonamides is 1. The number of benzene rings is 2. The first-order valence-corrected chi connectivity index (χ1v) is 15.2. The van der Waals surface area contributed by atoms with Crippen LogP contribution in [0.1, 0.15) is 50.3 Å². The largest absolute Gasteiger partial charge is 0.361 e. The van der Waals surface area contributed by atoms with Gasteiger partial charge in [-0.1, -0.05) is 55.1 Å². The molecule has 0 saturated heterocycles. The second-order valence-corrected chi connectivity index (χ2v) is 12.9. The average molecular weight is 583 g/mol. The van der Waals surface area contributed by atoms with Gasteiger partial charge in [0.1, 0.15) is 11.4 Å². The molecule has 1 fully saturated rings. The Morgan fingerprint density at radius 2 is 1.85 bits per heavy atom. The maximum Gasteiger partial charge on any atom is 0.241 e. The molecule has 0 spiro atoms. The Kier molecular flexibility index (Phi) is 7.99. The molecule has 4 aromatic rings. The van der Waals surface area contributed by atoms with E-state index in [0.717, 1.165) is 72.5 Å². The molecular weight excluding hydrogens is 551 g/mol. The standard InChI is InChI=1S/C30H32ClFN4O3S/c1-29(18-21-19-34-26-10-4-3-9-23(21)26,36-40(38,39)22-12-13-25(32)24(31)17-22)28(37)35-20-30(14-6-2-7-15-30)27-11-5-8-16-33-27/h3-5,8-13,16-17,19,34,36H,2,6-7,14-15,18,20H2,1H3,(H,35,37)/t29-/m0/s1. The molecular formula is C30H32ClFN4O3S. The fourth-order valence-electron chi connectivity index (χ4n) is 5.69. The van der Waals surface area contributed by atoms with Crippen LogP contribution >= 0.6 is 11.6 Å². The van der Waals surface area contributed by atoms with Crippen LogP contribution in [0.15, 0.2) is 78.0 Å². The van der Waals surface area contributed by atoms with Gasteiger partial charge in [0, 0.05) is 47.4 Å². The summed E-state index contributed by atoms with van der Waals surface area (Å²) in [5.41, 5.74) is 0.676. The van der Waals surface area contributed by atoms with E-state index in [0.29, 0.717) is 6.54 Å². The highest BCUT2D eigenvalue weighted by atomic mass is 35.5. The minimum absolute atomic E-state index is 0.0770. The third-order valence-electron chi connectivity index (χ3n) is 7.89. The van der Waals surface area contributed by atoms with Crippen LogP contribution in [0.25, 0.3) is 10.9 Å². The Bertz CT molecular complexity index is 1620. The van der Waals surface area contributed by atoms with Gasteiger partial charge in [0.2, 0.25) is 15.9 Å². The Labute approximate surface area is 238 Å². The van der Waals surface area contributed by atoms with Gasteiger partial charge < -0.3 is 10.3 Å². The van der Waals surface area contributed by atoms with Crippen LogP contribution in [0, 0.1) is 5.82 Å². The first kappa shape index (κ1) is 28.3. The Balaban J connectivity index is 1.47. The number of aromatic nitrogens is 2. The van der Waals surface area contributed by atoms with E-state index >= 15 is 0 Å². The number of H-pyrrole nitrogens is 1. The molecule has 1 amide bonds. The molecule has 40 heavy (non-hydrogen) atoms. The topological polar surface area (TPSA) is 104 Å². The molecule has 1 atom stereocenters. The van der Waals surface area contributed by atoms with Crippen molar-refractivity contribution in [3.8, 4) is 0 Å². The molecule has 2 aromatic heterocycles. The summed E-state index contributed by atoms with van der Waals surface area (Å²) in [5, 5.41) is 3.66. The lowest BCUT2D eigenvalue weighted by molar-refractivity contribution is -0.126. The SMILES string of the molecule is C[C@@](Cc1c[nH]c2ccccc12)(NS(=O)(=O)c1ccc(F)c(Cl)c1)C(=O)NCC1(c2ccccn2)CCCCC1. The number of amides is 1. The van der Waals surface area contributed by atoms with Gasteiger partial charge >= 0.3 is 0 Å². The first-order chi connectivity index (χ1) is 19.1. The molecule has 1 saturated carbocycles. The number of aromatic amines is 1. The van der Waals surface area contributed by atoms with E-state index in [-0.39, 0.29) is 21.8 Å². The minimum atomic E-state index is -4.25. The summed E-state index contributed by atoms with van der Waals surface area (Å²) >= 11 is 5.89. The van der Waals surface area contributed by atoms with Gasteiger partial charge in [-0.15, -0.1) is 0 Å². The van der Waals surface area contributed by atoms with Gasteiger partial charge in [-0.25, -0.2) is 12.8 Å². The second-order valence-electron chi connectivity index (χ2n) is 10.8. The van der Waals surface area contributed by atoms with Gasteiger partial charge in [0.05, 0.1) is 9.92 Å². The number of fused-ring (bicyclic) bond motifs is 1. The van der Waals surface area contributed by atoms with Crippen LogP contribution in [0.3, 0.4) is 0 Å². The Morgan fingerprint density at radius 1 is 1.10 bits per heavy atom. The molecule has 1 aliphatic carbocycles. The fourth-order valence-corrected chi connectivity index (χ4v) is 7.34. The van der Waals surface area contributed by atoms with E-state index in [4.69, 9.17) is 11.6 Å². The number of carbonyl (C=O) groups excluding carboxylic acids is 1. The van der Waals surface area contributed by atoms with Gasteiger partial charge in [0.15, 0.2) is 0 Å². The van der Waals surface area contributed by atoms with E-state index < -0.39 is 27.3 Å². The maximum absolute atomic E-state index is 14.0. The molecule has 2 heterocycles. The van der Waals surface area contributed by atoms with E-state index in [2.05, 4.69) is 20.0 Å². The summed E-state index contributed by atoms with van der Waals surface area (Å²) in [4.78, 5) is 21.6. The first-order valence-electron chi connectivity index (χ1n) is 13.4. The van der Waals surface area contributed by atoms with Crippen LogP contribution in [-0.2, 0) is 26.7 Å². The van der Waals surface area contributed by atoms with E-state index in [1.165, 1.54) is 0 Å². The smallest absolute Gasteiger partial charge is 0.241 e. The number of hydrogen-bond acceptors (Lipinski definition) is 4. The van der Waals surface area contributed by atoms with Crippen LogP contribution in [0.4, 0.5) is 4.39 Å². The molecule has 7 nitrogen and oxygen atoms in total.